The number of aliphatic hydroxyl groups is 4. The van der Waals surface area contributed by atoms with Crippen LogP contribution in [-0.4, -0.2) is 62.0 Å². The van der Waals surface area contributed by atoms with Crippen LogP contribution < -0.4 is 10.2 Å². The third kappa shape index (κ3) is 3.94. The summed E-state index contributed by atoms with van der Waals surface area (Å²) < 4.78 is 16.4. The zero-order chi connectivity index (χ0) is 22.3. The Kier molecular flexibility index (Phi) is 5.56. The molecule has 31 heavy (non-hydrogen) atoms. The topological polar surface area (TPSA) is 170 Å². The van der Waals surface area contributed by atoms with Crippen molar-refractivity contribution in [2.75, 3.05) is 6.61 Å². The molecule has 0 radical (unpaired) electrons. The van der Waals surface area contributed by atoms with E-state index in [1.807, 2.05) is 0 Å². The molecule has 1 aromatic heterocycles. The molecule has 10 heteroatoms. The Bertz CT molecular complexity index is 1140. The zero-order valence-electron chi connectivity index (χ0n) is 16.0. The van der Waals surface area contributed by atoms with E-state index in [2.05, 4.69) is 0 Å². The first-order valence-corrected chi connectivity index (χ1v) is 9.36. The molecule has 1 aliphatic rings. The monoisotopic (exact) mass is 432 g/mol. The van der Waals surface area contributed by atoms with Crippen LogP contribution in [0, 0.1) is 5.92 Å². The van der Waals surface area contributed by atoms with Gasteiger partial charge in [0, 0.05) is 23.8 Å². The van der Waals surface area contributed by atoms with Crippen molar-refractivity contribution in [1.29, 1.82) is 0 Å². The van der Waals surface area contributed by atoms with Gasteiger partial charge in [0.1, 0.15) is 40.1 Å². The fourth-order valence-electron chi connectivity index (χ4n) is 3.42. The molecule has 4 rings (SSSR count). The van der Waals surface area contributed by atoms with E-state index < -0.39 is 48.5 Å². The highest BCUT2D eigenvalue weighted by atomic mass is 16.7. The van der Waals surface area contributed by atoms with Gasteiger partial charge in [-0.1, -0.05) is 0 Å². The molecule has 0 saturated carbocycles. The second-order valence-electron chi connectivity index (χ2n) is 7.18. The molecule has 1 fully saturated rings. The maximum Gasteiger partial charge on any atom is 0.210 e. The smallest absolute Gasteiger partial charge is 0.210 e. The predicted octanol–water partition coefficient (Wildman–Crippen LogP) is 0.255. The number of fused-ring (bicyclic) bond motifs is 1. The van der Waals surface area contributed by atoms with Crippen molar-refractivity contribution in [3.8, 4) is 28.6 Å². The van der Waals surface area contributed by atoms with Crippen LogP contribution in [0.15, 0.2) is 51.7 Å². The molecule has 3 aromatic rings. The number of rotatable bonds is 4. The van der Waals surface area contributed by atoms with Crippen LogP contribution in [0.3, 0.4) is 0 Å². The molecule has 6 N–H and O–H groups in total. The van der Waals surface area contributed by atoms with Crippen LogP contribution in [0.5, 0.6) is 17.2 Å². The summed E-state index contributed by atoms with van der Waals surface area (Å²) in [6, 6.07) is 9.59. The van der Waals surface area contributed by atoms with Crippen LogP contribution in [0.25, 0.3) is 22.3 Å². The van der Waals surface area contributed by atoms with E-state index >= 15 is 0 Å². The first-order valence-electron chi connectivity index (χ1n) is 9.36. The lowest BCUT2D eigenvalue weighted by atomic mass is 9.94. The Balaban J connectivity index is 1.72. The van der Waals surface area contributed by atoms with E-state index in [0.717, 1.165) is 6.07 Å². The van der Waals surface area contributed by atoms with Crippen molar-refractivity contribution in [2.24, 2.45) is 5.92 Å². The minimum atomic E-state index is -1.75. The number of aliphatic hydroxyl groups excluding tert-OH is 4. The number of hydrogen-bond acceptors (Lipinski definition) is 10. The standard InChI is InChI=1S/C21H20O10/c22-8-12-18(26)19(27)20(28)31-21(12)29-11-5-13(24)17-14(25)7-15(30-16(17)6-11)9-1-3-10(23)4-2-9/h1-7,12,18-24,26-28H,8H2. The molecule has 0 aliphatic carbocycles. The number of phenols is 2. The van der Waals surface area contributed by atoms with Crippen LogP contribution in [0.2, 0.25) is 0 Å². The summed E-state index contributed by atoms with van der Waals surface area (Å²) in [5.74, 6) is -1.33. The SMILES string of the molecule is O=c1cc(-c2ccc(O)cc2)oc2cc(OC3OC(O)C(O)C(O)C3CO)cc(O)c12. The molecule has 164 valence electrons. The summed E-state index contributed by atoms with van der Waals surface area (Å²) in [6.07, 6.45) is -6.27. The number of hydrogen-bond donors (Lipinski definition) is 6. The molecular weight excluding hydrogens is 412 g/mol. The van der Waals surface area contributed by atoms with Gasteiger partial charge in [-0.15, -0.1) is 0 Å². The van der Waals surface area contributed by atoms with Gasteiger partial charge < -0.3 is 44.5 Å². The van der Waals surface area contributed by atoms with Crippen LogP contribution in [0.1, 0.15) is 0 Å². The molecule has 0 amide bonds. The second kappa shape index (κ2) is 8.17. The fraction of sp³-hybridized carbons (Fsp3) is 0.286. The first-order chi connectivity index (χ1) is 14.8. The summed E-state index contributed by atoms with van der Waals surface area (Å²) in [6.45, 7) is -0.616. The highest BCUT2D eigenvalue weighted by Crippen LogP contribution is 2.34. The van der Waals surface area contributed by atoms with Crippen molar-refractivity contribution in [3.05, 3.63) is 52.7 Å². The third-order valence-corrected chi connectivity index (χ3v) is 5.10. The summed E-state index contributed by atoms with van der Waals surface area (Å²) in [5.41, 5.74) is -0.00800. The van der Waals surface area contributed by atoms with Crippen molar-refractivity contribution >= 4 is 11.0 Å². The lowest BCUT2D eigenvalue weighted by Gasteiger charge is -2.39. The zero-order valence-corrected chi connectivity index (χ0v) is 16.0. The normalized spacial score (nSPS) is 26.1. The van der Waals surface area contributed by atoms with Crippen LogP contribution in [0.4, 0.5) is 0 Å². The quantitative estimate of drug-likeness (QED) is 0.336. The minimum Gasteiger partial charge on any atom is -0.508 e. The Morgan fingerprint density at radius 2 is 1.68 bits per heavy atom. The van der Waals surface area contributed by atoms with E-state index in [1.165, 1.54) is 24.3 Å². The van der Waals surface area contributed by atoms with E-state index in [4.69, 9.17) is 13.9 Å². The lowest BCUT2D eigenvalue weighted by Crippen LogP contribution is -2.57. The number of aromatic hydroxyl groups is 2. The van der Waals surface area contributed by atoms with E-state index in [-0.39, 0.29) is 28.2 Å². The summed E-state index contributed by atoms with van der Waals surface area (Å²) in [7, 11) is 0. The molecule has 5 unspecified atom stereocenters. The Hall–Kier alpha value is -3.15. The predicted molar refractivity (Wildman–Crippen MR) is 105 cm³/mol. The average Bonchev–Trinajstić information content (AvgIpc) is 2.72. The van der Waals surface area contributed by atoms with Gasteiger partial charge in [0.25, 0.3) is 0 Å². The fourth-order valence-corrected chi connectivity index (χ4v) is 3.42. The Labute approximate surface area is 174 Å². The molecule has 0 spiro atoms. The summed E-state index contributed by atoms with van der Waals surface area (Å²) in [4.78, 5) is 12.5. The molecule has 10 nitrogen and oxygen atoms in total. The van der Waals surface area contributed by atoms with E-state index in [0.29, 0.717) is 5.56 Å². The van der Waals surface area contributed by atoms with Crippen LogP contribution in [-0.2, 0) is 4.74 Å². The molecule has 2 aromatic carbocycles. The largest absolute Gasteiger partial charge is 0.508 e. The van der Waals surface area contributed by atoms with E-state index in [9.17, 15) is 35.4 Å². The number of ether oxygens (including phenoxy) is 2. The molecule has 2 heterocycles. The van der Waals surface area contributed by atoms with Crippen LogP contribution >= 0.6 is 0 Å². The Morgan fingerprint density at radius 3 is 2.35 bits per heavy atom. The van der Waals surface area contributed by atoms with Gasteiger partial charge >= 0.3 is 0 Å². The highest BCUT2D eigenvalue weighted by molar-refractivity contribution is 5.86. The van der Waals surface area contributed by atoms with Crippen molar-refractivity contribution < 1.29 is 44.5 Å². The molecular formula is C21H20O10. The molecule has 0 bridgehead atoms. The molecule has 1 saturated heterocycles. The Morgan fingerprint density at radius 1 is 0.968 bits per heavy atom. The van der Waals surface area contributed by atoms with Gasteiger partial charge in [-0.3, -0.25) is 4.79 Å². The minimum absolute atomic E-state index is 0.0111. The average molecular weight is 432 g/mol. The number of benzene rings is 2. The van der Waals surface area contributed by atoms with Crippen molar-refractivity contribution in [2.45, 2.75) is 24.8 Å². The maximum atomic E-state index is 12.5. The van der Waals surface area contributed by atoms with Gasteiger partial charge in [0.15, 0.2) is 11.7 Å². The van der Waals surface area contributed by atoms with Gasteiger partial charge in [0.05, 0.1) is 18.6 Å². The van der Waals surface area contributed by atoms with Gasteiger partial charge in [-0.2, -0.15) is 0 Å². The molecule has 5 atom stereocenters. The van der Waals surface area contributed by atoms with Gasteiger partial charge in [-0.25, -0.2) is 0 Å². The van der Waals surface area contributed by atoms with Crippen molar-refractivity contribution in [3.63, 3.8) is 0 Å². The van der Waals surface area contributed by atoms with Gasteiger partial charge in [0.2, 0.25) is 6.29 Å². The number of phenolic OH excluding ortho intramolecular Hbond substituents is 2. The third-order valence-electron chi connectivity index (χ3n) is 5.10. The summed E-state index contributed by atoms with van der Waals surface area (Å²) >= 11 is 0. The summed E-state index contributed by atoms with van der Waals surface area (Å²) in [5, 5.41) is 58.7. The second-order valence-corrected chi connectivity index (χ2v) is 7.18. The maximum absolute atomic E-state index is 12.5. The van der Waals surface area contributed by atoms with Gasteiger partial charge in [-0.05, 0) is 24.3 Å². The van der Waals surface area contributed by atoms with E-state index in [1.54, 1.807) is 12.1 Å². The van der Waals surface area contributed by atoms with Crippen molar-refractivity contribution in [1.82, 2.24) is 0 Å². The molecule has 1 aliphatic heterocycles. The first kappa shape index (κ1) is 21.1. The highest BCUT2D eigenvalue weighted by Gasteiger charge is 2.45. The lowest BCUT2D eigenvalue weighted by molar-refractivity contribution is -0.312.